The molecule has 114 valence electrons. The van der Waals surface area contributed by atoms with Crippen LogP contribution in [0.25, 0.3) is 0 Å². The van der Waals surface area contributed by atoms with Crippen LogP contribution < -0.4 is 0 Å². The Kier molecular flexibility index (Phi) is 3.88. The number of rotatable bonds is 5. The Balaban J connectivity index is 2.03. The van der Waals surface area contributed by atoms with Crippen molar-refractivity contribution in [2.75, 3.05) is 0 Å². The molecule has 23 heavy (non-hydrogen) atoms. The van der Waals surface area contributed by atoms with E-state index in [0.29, 0.717) is 11.1 Å². The van der Waals surface area contributed by atoms with Gasteiger partial charge < -0.3 is 0 Å². The summed E-state index contributed by atoms with van der Waals surface area (Å²) < 4.78 is 0. The van der Waals surface area contributed by atoms with Gasteiger partial charge in [-0.3, -0.25) is 14.9 Å². The number of nitrogens with zero attached hydrogens (tertiary/aromatic N) is 4. The Morgan fingerprint density at radius 2 is 1.78 bits per heavy atom. The first kappa shape index (κ1) is 14.5. The second kappa shape index (κ2) is 6.14. The molecule has 0 radical (unpaired) electrons. The van der Waals surface area contributed by atoms with Gasteiger partial charge in [0.15, 0.2) is 11.6 Å². The molecular formula is C15H11N5O3. The third-order valence-electron chi connectivity index (χ3n) is 3.38. The van der Waals surface area contributed by atoms with E-state index >= 15 is 0 Å². The predicted molar refractivity (Wildman–Crippen MR) is 79.9 cm³/mol. The van der Waals surface area contributed by atoms with Crippen LogP contribution in [0.5, 0.6) is 0 Å². The van der Waals surface area contributed by atoms with Gasteiger partial charge in [0.25, 0.3) is 5.69 Å². The molecule has 0 spiro atoms. The number of ketones is 1. The number of Topliss-reactive ketones (excluding diaryl/α,β-unsaturated/α-hetero) is 1. The van der Waals surface area contributed by atoms with Crippen molar-refractivity contribution in [1.82, 2.24) is 20.6 Å². The summed E-state index contributed by atoms with van der Waals surface area (Å²) in [7, 11) is 0. The molecule has 0 aliphatic heterocycles. The van der Waals surface area contributed by atoms with Gasteiger partial charge in [-0.2, -0.15) is 5.21 Å². The molecule has 0 saturated carbocycles. The van der Waals surface area contributed by atoms with Crippen LogP contribution >= 0.6 is 0 Å². The fourth-order valence-corrected chi connectivity index (χ4v) is 2.27. The van der Waals surface area contributed by atoms with Gasteiger partial charge in [0.2, 0.25) is 0 Å². The second-order valence-corrected chi connectivity index (χ2v) is 4.78. The maximum Gasteiger partial charge on any atom is 0.269 e. The molecule has 3 rings (SSSR count). The van der Waals surface area contributed by atoms with Crippen LogP contribution in [0.4, 0.5) is 5.69 Å². The number of hydrogen-bond donors (Lipinski definition) is 1. The van der Waals surface area contributed by atoms with E-state index < -0.39 is 10.8 Å². The molecule has 1 N–H and O–H groups in total. The summed E-state index contributed by atoms with van der Waals surface area (Å²) in [6.07, 6.45) is 0. The number of aromatic amines is 1. The first-order valence-electron chi connectivity index (χ1n) is 6.74. The first-order valence-corrected chi connectivity index (χ1v) is 6.74. The minimum Gasteiger partial charge on any atom is -0.293 e. The van der Waals surface area contributed by atoms with Crippen molar-refractivity contribution in [2.45, 2.75) is 5.92 Å². The number of benzene rings is 2. The number of H-pyrrole nitrogens is 1. The Labute approximate surface area is 130 Å². The van der Waals surface area contributed by atoms with Crippen LogP contribution in [0.3, 0.4) is 0 Å². The minimum atomic E-state index is -0.781. The highest BCUT2D eigenvalue weighted by Crippen LogP contribution is 2.27. The number of carbonyl (C=O) groups excluding carboxylic acids is 1. The van der Waals surface area contributed by atoms with E-state index in [-0.39, 0.29) is 17.3 Å². The molecule has 1 atom stereocenters. The molecule has 8 heteroatoms. The van der Waals surface area contributed by atoms with Crippen molar-refractivity contribution in [1.29, 1.82) is 0 Å². The van der Waals surface area contributed by atoms with Crippen molar-refractivity contribution < 1.29 is 9.72 Å². The summed E-state index contributed by atoms with van der Waals surface area (Å²) in [5.41, 5.74) is 1.01. The van der Waals surface area contributed by atoms with Crippen LogP contribution in [0.2, 0.25) is 0 Å². The molecule has 2 aromatic carbocycles. The quantitative estimate of drug-likeness (QED) is 0.438. The molecule has 0 fully saturated rings. The lowest BCUT2D eigenvalue weighted by atomic mass is 9.90. The van der Waals surface area contributed by atoms with E-state index in [2.05, 4.69) is 20.6 Å². The summed E-state index contributed by atoms with van der Waals surface area (Å²) >= 11 is 0. The van der Waals surface area contributed by atoms with Crippen molar-refractivity contribution in [2.24, 2.45) is 0 Å². The van der Waals surface area contributed by atoms with Crippen LogP contribution in [-0.4, -0.2) is 31.3 Å². The summed E-state index contributed by atoms with van der Waals surface area (Å²) in [6, 6.07) is 14.5. The first-order chi connectivity index (χ1) is 11.2. The van der Waals surface area contributed by atoms with Crippen molar-refractivity contribution in [3.8, 4) is 0 Å². The summed E-state index contributed by atoms with van der Waals surface area (Å²) in [5.74, 6) is -0.773. The molecule has 1 unspecified atom stereocenters. The number of tetrazole rings is 1. The number of nitro groups is 1. The molecule has 0 saturated heterocycles. The lowest BCUT2D eigenvalue weighted by molar-refractivity contribution is -0.384. The van der Waals surface area contributed by atoms with Gasteiger partial charge >= 0.3 is 0 Å². The van der Waals surface area contributed by atoms with E-state index in [9.17, 15) is 14.9 Å². The number of hydrogen-bond acceptors (Lipinski definition) is 6. The normalized spacial score (nSPS) is 11.8. The number of carbonyl (C=O) groups is 1. The Bertz CT molecular complexity index is 816. The van der Waals surface area contributed by atoms with E-state index in [0.717, 1.165) is 0 Å². The fraction of sp³-hybridized carbons (Fsp3) is 0.0667. The molecule has 0 aliphatic carbocycles. The highest BCUT2D eigenvalue weighted by molar-refractivity contribution is 6.02. The monoisotopic (exact) mass is 309 g/mol. The van der Waals surface area contributed by atoms with Gasteiger partial charge in [0.1, 0.15) is 5.92 Å². The topological polar surface area (TPSA) is 115 Å². The van der Waals surface area contributed by atoms with Gasteiger partial charge in [-0.1, -0.05) is 47.7 Å². The van der Waals surface area contributed by atoms with Gasteiger partial charge in [-0.05, 0) is 5.56 Å². The third kappa shape index (κ3) is 2.95. The summed E-state index contributed by atoms with van der Waals surface area (Å²) in [4.78, 5) is 23.1. The Morgan fingerprint density at radius 3 is 2.35 bits per heavy atom. The highest BCUT2D eigenvalue weighted by Gasteiger charge is 2.28. The summed E-state index contributed by atoms with van der Waals surface area (Å²) in [6.45, 7) is 0. The fourth-order valence-electron chi connectivity index (χ4n) is 2.27. The smallest absolute Gasteiger partial charge is 0.269 e. The zero-order chi connectivity index (χ0) is 16.2. The average Bonchev–Trinajstić information content (AvgIpc) is 3.10. The molecule has 0 bridgehead atoms. The molecule has 0 aliphatic rings. The lowest BCUT2D eigenvalue weighted by Crippen LogP contribution is -2.16. The average molecular weight is 309 g/mol. The molecule has 8 nitrogen and oxygen atoms in total. The molecule has 0 amide bonds. The van der Waals surface area contributed by atoms with Gasteiger partial charge in [0.05, 0.1) is 4.92 Å². The molecule has 1 heterocycles. The minimum absolute atomic E-state index is 0.0484. The van der Waals surface area contributed by atoms with Crippen LogP contribution in [-0.2, 0) is 0 Å². The maximum atomic E-state index is 12.8. The molecular weight excluding hydrogens is 298 g/mol. The maximum absolute atomic E-state index is 12.8. The lowest BCUT2D eigenvalue weighted by Gasteiger charge is -2.12. The molecule has 3 aromatic rings. The largest absolute Gasteiger partial charge is 0.293 e. The van der Waals surface area contributed by atoms with E-state index in [1.165, 1.54) is 24.3 Å². The Morgan fingerprint density at radius 1 is 1.09 bits per heavy atom. The van der Waals surface area contributed by atoms with Gasteiger partial charge in [0, 0.05) is 17.7 Å². The predicted octanol–water partition coefficient (Wildman–Crippen LogP) is 2.12. The zero-order valence-electron chi connectivity index (χ0n) is 11.8. The van der Waals surface area contributed by atoms with Crippen molar-refractivity contribution >= 4 is 11.5 Å². The van der Waals surface area contributed by atoms with Crippen molar-refractivity contribution in [3.63, 3.8) is 0 Å². The third-order valence-corrected chi connectivity index (χ3v) is 3.38. The van der Waals surface area contributed by atoms with Crippen molar-refractivity contribution in [3.05, 3.63) is 81.7 Å². The number of nitro benzene ring substituents is 1. The van der Waals surface area contributed by atoms with Crippen LogP contribution in [0.15, 0.2) is 54.6 Å². The number of nitrogens with one attached hydrogen (secondary N) is 1. The number of non-ortho nitro benzene ring substituents is 1. The number of aromatic nitrogens is 4. The van der Waals surface area contributed by atoms with E-state index in [1.54, 1.807) is 24.3 Å². The van der Waals surface area contributed by atoms with Crippen LogP contribution in [0, 0.1) is 10.1 Å². The van der Waals surface area contributed by atoms with Crippen LogP contribution in [0.1, 0.15) is 27.7 Å². The van der Waals surface area contributed by atoms with E-state index in [4.69, 9.17) is 0 Å². The zero-order valence-corrected chi connectivity index (χ0v) is 11.8. The van der Waals surface area contributed by atoms with E-state index in [1.807, 2.05) is 6.07 Å². The standard InChI is InChI=1S/C15H11N5O3/c21-14(11-4-2-1-3-5-11)13(15-16-18-19-17-15)10-6-8-12(9-7-10)20(22)23/h1-9,13H,(H,16,17,18,19). The SMILES string of the molecule is O=C(c1ccccc1)C(c1ccc([N+](=O)[O-])cc1)c1nn[nH]n1. The molecule has 1 aromatic heterocycles. The Hall–Kier alpha value is -3.42. The van der Waals surface area contributed by atoms with Gasteiger partial charge in [-0.25, -0.2) is 0 Å². The van der Waals surface area contributed by atoms with Gasteiger partial charge in [-0.15, -0.1) is 10.2 Å². The highest BCUT2D eigenvalue weighted by atomic mass is 16.6. The second-order valence-electron chi connectivity index (χ2n) is 4.78. The summed E-state index contributed by atoms with van der Waals surface area (Å²) in [5, 5.41) is 24.4.